The fraction of sp³-hybridized carbons (Fsp3) is 0.188. The van der Waals surface area contributed by atoms with E-state index >= 15 is 0 Å². The lowest BCUT2D eigenvalue weighted by Crippen LogP contribution is -2.30. The lowest BCUT2D eigenvalue weighted by molar-refractivity contribution is 0.560. The molecule has 22 heavy (non-hydrogen) atoms. The normalized spacial score (nSPS) is 11.7. The van der Waals surface area contributed by atoms with Gasteiger partial charge in [0.1, 0.15) is 0 Å². The Morgan fingerprint density at radius 2 is 2.00 bits per heavy atom. The van der Waals surface area contributed by atoms with Gasteiger partial charge in [0.15, 0.2) is 11.6 Å². The third-order valence-electron chi connectivity index (χ3n) is 2.90. The van der Waals surface area contributed by atoms with Crippen LogP contribution >= 0.6 is 0 Å². The predicted octanol–water partition coefficient (Wildman–Crippen LogP) is 3.33. The van der Waals surface area contributed by atoms with E-state index in [0.717, 1.165) is 11.8 Å². The fourth-order valence-electron chi connectivity index (χ4n) is 1.98. The highest BCUT2D eigenvalue weighted by Gasteiger charge is 2.25. The lowest BCUT2D eigenvalue weighted by Gasteiger charge is -2.18. The van der Waals surface area contributed by atoms with Crippen LogP contribution in [-0.4, -0.2) is 26.2 Å². The van der Waals surface area contributed by atoms with Crippen LogP contribution in [0.2, 0.25) is 0 Å². The molecule has 0 saturated carbocycles. The first kappa shape index (κ1) is 16.0. The van der Waals surface area contributed by atoms with Crippen LogP contribution in [0.5, 0.6) is 0 Å². The molecule has 1 heterocycles. The first-order valence-electron chi connectivity index (χ1n) is 6.75. The monoisotopic (exact) mass is 318 g/mol. The Morgan fingerprint density at radius 1 is 1.32 bits per heavy atom. The summed E-state index contributed by atoms with van der Waals surface area (Å²) in [5.41, 5.74) is 0.762. The summed E-state index contributed by atoms with van der Waals surface area (Å²) in [6.45, 7) is 5.57. The fourth-order valence-corrected chi connectivity index (χ4v) is 2.80. The standard InChI is InChI=1S/C16H18N2O3S/c1-4-9-14-17-16(18(12-5-2)22(3,19)20)15(21-14)13-10-7-6-8-11-13/h4-11H,2,12H2,1,3H3/b9-4+. The van der Waals surface area contributed by atoms with Crippen molar-refractivity contribution in [2.24, 2.45) is 0 Å². The van der Waals surface area contributed by atoms with Crippen molar-refractivity contribution >= 4 is 21.9 Å². The number of benzene rings is 1. The van der Waals surface area contributed by atoms with Crippen LogP contribution in [-0.2, 0) is 10.0 Å². The first-order valence-corrected chi connectivity index (χ1v) is 8.59. The molecule has 1 aromatic heterocycles. The first-order chi connectivity index (χ1) is 10.5. The second kappa shape index (κ2) is 6.62. The highest BCUT2D eigenvalue weighted by molar-refractivity contribution is 7.92. The molecule has 0 unspecified atom stereocenters. The molecule has 0 aliphatic heterocycles. The van der Waals surface area contributed by atoms with Crippen LogP contribution in [0.25, 0.3) is 17.4 Å². The maximum absolute atomic E-state index is 12.1. The van der Waals surface area contributed by atoms with Gasteiger partial charge in [-0.15, -0.1) is 6.58 Å². The van der Waals surface area contributed by atoms with Crippen molar-refractivity contribution in [2.75, 3.05) is 17.1 Å². The molecule has 1 aromatic carbocycles. The van der Waals surface area contributed by atoms with Crippen LogP contribution in [0.3, 0.4) is 0 Å². The maximum Gasteiger partial charge on any atom is 0.233 e. The highest BCUT2D eigenvalue weighted by atomic mass is 32.2. The summed E-state index contributed by atoms with van der Waals surface area (Å²) < 4.78 is 31.0. The molecule has 6 heteroatoms. The van der Waals surface area contributed by atoms with Gasteiger partial charge in [-0.1, -0.05) is 42.5 Å². The summed E-state index contributed by atoms with van der Waals surface area (Å²) >= 11 is 0. The molecule has 0 bridgehead atoms. The quantitative estimate of drug-likeness (QED) is 0.766. The van der Waals surface area contributed by atoms with Gasteiger partial charge in [0.2, 0.25) is 15.9 Å². The number of allylic oxidation sites excluding steroid dienone is 1. The van der Waals surface area contributed by atoms with Gasteiger partial charge in [-0.05, 0) is 13.0 Å². The lowest BCUT2D eigenvalue weighted by atomic mass is 10.2. The van der Waals surface area contributed by atoms with Gasteiger partial charge in [0.05, 0.1) is 12.8 Å². The van der Waals surface area contributed by atoms with E-state index in [9.17, 15) is 8.42 Å². The largest absolute Gasteiger partial charge is 0.434 e. The Morgan fingerprint density at radius 3 is 2.55 bits per heavy atom. The van der Waals surface area contributed by atoms with Gasteiger partial charge in [0.25, 0.3) is 0 Å². The Kier molecular flexibility index (Phi) is 4.82. The van der Waals surface area contributed by atoms with Crippen molar-refractivity contribution in [1.82, 2.24) is 4.98 Å². The summed E-state index contributed by atoms with van der Waals surface area (Å²) in [5.74, 6) is 1.04. The third kappa shape index (κ3) is 3.46. The van der Waals surface area contributed by atoms with Crippen molar-refractivity contribution in [3.8, 4) is 11.3 Å². The molecular formula is C16H18N2O3S. The molecule has 0 amide bonds. The zero-order valence-electron chi connectivity index (χ0n) is 12.6. The molecule has 0 saturated heterocycles. The average Bonchev–Trinajstić information content (AvgIpc) is 2.88. The molecule has 0 spiro atoms. The van der Waals surface area contributed by atoms with E-state index in [4.69, 9.17) is 4.42 Å². The molecule has 2 rings (SSSR count). The topological polar surface area (TPSA) is 63.4 Å². The zero-order valence-corrected chi connectivity index (χ0v) is 13.4. The van der Waals surface area contributed by atoms with Crippen LogP contribution in [0.1, 0.15) is 12.8 Å². The van der Waals surface area contributed by atoms with E-state index in [1.165, 1.54) is 10.4 Å². The minimum atomic E-state index is -3.50. The van der Waals surface area contributed by atoms with Gasteiger partial charge >= 0.3 is 0 Å². The number of anilines is 1. The number of rotatable bonds is 6. The molecular weight excluding hydrogens is 300 g/mol. The van der Waals surface area contributed by atoms with E-state index in [1.807, 2.05) is 37.3 Å². The number of sulfonamides is 1. The minimum Gasteiger partial charge on any atom is -0.434 e. The van der Waals surface area contributed by atoms with Crippen molar-refractivity contribution in [2.45, 2.75) is 6.92 Å². The molecule has 5 nitrogen and oxygen atoms in total. The SMILES string of the molecule is C=CCN(c1nc(/C=C/C)oc1-c1ccccc1)S(C)(=O)=O. The molecule has 0 N–H and O–H groups in total. The van der Waals surface area contributed by atoms with E-state index in [1.54, 1.807) is 12.2 Å². The van der Waals surface area contributed by atoms with Crippen molar-refractivity contribution in [3.05, 3.63) is 55.0 Å². The zero-order chi connectivity index (χ0) is 16.2. The van der Waals surface area contributed by atoms with Crippen LogP contribution in [0.4, 0.5) is 5.82 Å². The number of hydrogen-bond acceptors (Lipinski definition) is 4. The van der Waals surface area contributed by atoms with Gasteiger partial charge in [-0.25, -0.2) is 12.7 Å². The molecule has 0 aliphatic carbocycles. The highest BCUT2D eigenvalue weighted by Crippen LogP contribution is 2.33. The van der Waals surface area contributed by atoms with Crippen molar-refractivity contribution < 1.29 is 12.8 Å². The molecule has 2 aromatic rings. The maximum atomic E-state index is 12.1. The number of oxazole rings is 1. The number of hydrogen-bond donors (Lipinski definition) is 0. The molecule has 0 atom stereocenters. The Hall–Kier alpha value is -2.34. The molecule has 0 aliphatic rings. The summed E-state index contributed by atoms with van der Waals surface area (Å²) in [7, 11) is -3.50. The second-order valence-electron chi connectivity index (χ2n) is 4.65. The van der Waals surface area contributed by atoms with Gasteiger partial charge in [-0.3, -0.25) is 0 Å². The molecule has 0 radical (unpaired) electrons. The Bertz CT molecular complexity index is 777. The summed E-state index contributed by atoms with van der Waals surface area (Å²) in [4.78, 5) is 4.31. The summed E-state index contributed by atoms with van der Waals surface area (Å²) in [5, 5.41) is 0. The van der Waals surface area contributed by atoms with E-state index in [2.05, 4.69) is 11.6 Å². The minimum absolute atomic E-state index is 0.125. The van der Waals surface area contributed by atoms with Crippen molar-refractivity contribution in [3.63, 3.8) is 0 Å². The average molecular weight is 318 g/mol. The van der Waals surface area contributed by atoms with Gasteiger partial charge < -0.3 is 4.42 Å². The van der Waals surface area contributed by atoms with Gasteiger partial charge in [0, 0.05) is 5.56 Å². The third-order valence-corrected chi connectivity index (χ3v) is 4.03. The van der Waals surface area contributed by atoms with E-state index in [0.29, 0.717) is 11.7 Å². The summed E-state index contributed by atoms with van der Waals surface area (Å²) in [6, 6.07) is 9.28. The van der Waals surface area contributed by atoms with Crippen LogP contribution in [0, 0.1) is 0 Å². The predicted molar refractivity (Wildman–Crippen MR) is 89.0 cm³/mol. The van der Waals surface area contributed by atoms with Crippen LogP contribution in [0.15, 0.2) is 53.5 Å². The smallest absolute Gasteiger partial charge is 0.233 e. The number of nitrogens with zero attached hydrogens (tertiary/aromatic N) is 2. The Labute approximate surface area is 130 Å². The Balaban J connectivity index is 2.65. The molecule has 116 valence electrons. The molecule has 0 fully saturated rings. The van der Waals surface area contributed by atoms with Crippen LogP contribution < -0.4 is 4.31 Å². The van der Waals surface area contributed by atoms with E-state index < -0.39 is 10.0 Å². The number of aromatic nitrogens is 1. The summed E-state index contributed by atoms with van der Waals surface area (Å²) in [6.07, 6.45) is 6.11. The van der Waals surface area contributed by atoms with Gasteiger partial charge in [-0.2, -0.15) is 4.98 Å². The van der Waals surface area contributed by atoms with E-state index in [-0.39, 0.29) is 12.4 Å². The van der Waals surface area contributed by atoms with Crippen molar-refractivity contribution in [1.29, 1.82) is 0 Å². The second-order valence-corrected chi connectivity index (χ2v) is 6.56.